The molecule has 0 aliphatic carbocycles. The van der Waals surface area contributed by atoms with Crippen molar-refractivity contribution in [2.45, 2.75) is 11.1 Å². The monoisotopic (exact) mass is 321 g/mol. The molecule has 0 amide bonds. The molecule has 0 radical (unpaired) electrons. The second-order valence-electron chi connectivity index (χ2n) is 4.30. The van der Waals surface area contributed by atoms with E-state index in [1.807, 2.05) is 6.92 Å². The summed E-state index contributed by atoms with van der Waals surface area (Å²) in [6.45, 7) is 1.86. The molecule has 0 aliphatic rings. The number of rotatable bonds is 4. The Bertz CT molecular complexity index is 854. The third-order valence-corrected chi connectivity index (χ3v) is 5.58. The number of aromatic nitrogens is 2. The first-order valence-electron chi connectivity index (χ1n) is 6.00. The van der Waals surface area contributed by atoms with Crippen molar-refractivity contribution in [2.24, 2.45) is 0 Å². The molecule has 0 spiro atoms. The molecule has 1 aromatic carbocycles. The molecule has 1 N–H and O–H groups in total. The lowest BCUT2D eigenvalue weighted by molar-refractivity contribution is 0.568. The van der Waals surface area contributed by atoms with Gasteiger partial charge < -0.3 is 4.42 Å². The van der Waals surface area contributed by atoms with Gasteiger partial charge in [0.1, 0.15) is 4.21 Å². The van der Waals surface area contributed by atoms with Gasteiger partial charge in [0, 0.05) is 16.1 Å². The molecular weight excluding hydrogens is 310 g/mol. The molecule has 3 aromatic rings. The number of benzene rings is 1. The minimum atomic E-state index is -3.58. The molecule has 6 nitrogen and oxygen atoms in total. The fourth-order valence-electron chi connectivity index (χ4n) is 1.78. The fraction of sp³-hybridized carbons (Fsp3) is 0.0769. The minimum Gasteiger partial charge on any atom is -0.423 e. The van der Waals surface area contributed by atoms with Crippen LogP contribution >= 0.6 is 11.3 Å². The first-order chi connectivity index (χ1) is 10.0. The van der Waals surface area contributed by atoms with Crippen LogP contribution in [0.1, 0.15) is 4.88 Å². The van der Waals surface area contributed by atoms with Gasteiger partial charge in [0.15, 0.2) is 0 Å². The summed E-state index contributed by atoms with van der Waals surface area (Å²) in [5, 5.41) is 7.39. The molecule has 0 saturated carbocycles. The molecule has 3 rings (SSSR count). The van der Waals surface area contributed by atoms with E-state index >= 15 is 0 Å². The number of anilines is 1. The first-order valence-corrected chi connectivity index (χ1v) is 8.30. The highest BCUT2D eigenvalue weighted by molar-refractivity contribution is 7.94. The largest absolute Gasteiger partial charge is 0.423 e. The smallest absolute Gasteiger partial charge is 0.271 e. The van der Waals surface area contributed by atoms with E-state index in [1.165, 1.54) is 17.7 Å². The summed E-state index contributed by atoms with van der Waals surface area (Å²) in [6.07, 6.45) is 1.22. The lowest BCUT2D eigenvalue weighted by atomic mass is 10.2. The number of nitrogens with zero attached hydrogens (tertiary/aromatic N) is 2. The average Bonchev–Trinajstić information content (AvgIpc) is 3.09. The number of nitrogens with one attached hydrogen (secondary N) is 1. The van der Waals surface area contributed by atoms with Gasteiger partial charge in [0.05, 0.1) is 0 Å². The van der Waals surface area contributed by atoms with Crippen molar-refractivity contribution in [3.8, 4) is 11.5 Å². The second kappa shape index (κ2) is 5.30. The van der Waals surface area contributed by atoms with Crippen LogP contribution in [0.5, 0.6) is 0 Å². The van der Waals surface area contributed by atoms with Gasteiger partial charge in [-0.15, -0.1) is 21.5 Å². The maximum atomic E-state index is 12.3. The summed E-state index contributed by atoms with van der Waals surface area (Å²) in [5.41, 5.74) is 1.09. The quantitative estimate of drug-likeness (QED) is 0.798. The molecule has 0 bridgehead atoms. The number of hydrogen-bond donors (Lipinski definition) is 1. The molecule has 2 aromatic heterocycles. The van der Waals surface area contributed by atoms with Gasteiger partial charge >= 0.3 is 0 Å². The molecule has 0 unspecified atom stereocenters. The van der Waals surface area contributed by atoms with E-state index in [-0.39, 0.29) is 4.21 Å². The zero-order valence-corrected chi connectivity index (χ0v) is 12.6. The summed E-state index contributed by atoms with van der Waals surface area (Å²) in [7, 11) is -3.58. The first kappa shape index (κ1) is 13.8. The zero-order valence-electron chi connectivity index (χ0n) is 11.0. The van der Waals surface area contributed by atoms with Crippen LogP contribution < -0.4 is 4.72 Å². The summed E-state index contributed by atoms with van der Waals surface area (Å²) < 4.78 is 32.4. The van der Waals surface area contributed by atoms with Crippen molar-refractivity contribution in [3.05, 3.63) is 47.7 Å². The topological polar surface area (TPSA) is 85.1 Å². The Balaban J connectivity index is 1.90. The van der Waals surface area contributed by atoms with Crippen LogP contribution in [0.25, 0.3) is 11.5 Å². The molecule has 0 fully saturated rings. The van der Waals surface area contributed by atoms with Crippen LogP contribution in [-0.2, 0) is 10.0 Å². The summed E-state index contributed by atoms with van der Waals surface area (Å²) in [4.78, 5) is 0.940. The van der Waals surface area contributed by atoms with Crippen LogP contribution in [0.15, 0.2) is 51.4 Å². The standard InChI is InChI=1S/C13H11N3O3S2/c1-9-5-6-12(20-9)21(17,18)16-11-4-2-3-10(7-11)13-15-14-8-19-13/h2-8,16H,1H3. The van der Waals surface area contributed by atoms with E-state index in [0.29, 0.717) is 17.1 Å². The number of aryl methyl sites for hydroxylation is 1. The van der Waals surface area contributed by atoms with Crippen LogP contribution in [0.3, 0.4) is 0 Å². The van der Waals surface area contributed by atoms with Crippen molar-refractivity contribution in [1.29, 1.82) is 0 Å². The average molecular weight is 321 g/mol. The van der Waals surface area contributed by atoms with E-state index < -0.39 is 10.0 Å². The van der Waals surface area contributed by atoms with E-state index in [4.69, 9.17) is 4.42 Å². The van der Waals surface area contributed by atoms with Crippen LogP contribution in [-0.4, -0.2) is 18.6 Å². The highest BCUT2D eigenvalue weighted by Crippen LogP contribution is 2.25. The van der Waals surface area contributed by atoms with E-state index in [0.717, 1.165) is 4.88 Å². The van der Waals surface area contributed by atoms with Crippen LogP contribution in [0.4, 0.5) is 5.69 Å². The Labute approximate surface area is 125 Å². The Kier molecular flexibility index (Phi) is 3.48. The Hall–Kier alpha value is -2.19. The van der Waals surface area contributed by atoms with Crippen molar-refractivity contribution in [2.75, 3.05) is 4.72 Å². The van der Waals surface area contributed by atoms with Crippen LogP contribution in [0.2, 0.25) is 0 Å². The SMILES string of the molecule is Cc1ccc(S(=O)(=O)Nc2cccc(-c3nnco3)c2)s1. The number of sulfonamides is 1. The number of hydrogen-bond acceptors (Lipinski definition) is 6. The highest BCUT2D eigenvalue weighted by Gasteiger charge is 2.16. The van der Waals surface area contributed by atoms with E-state index in [1.54, 1.807) is 36.4 Å². The van der Waals surface area contributed by atoms with Gasteiger partial charge in [-0.3, -0.25) is 4.72 Å². The van der Waals surface area contributed by atoms with Crippen molar-refractivity contribution in [3.63, 3.8) is 0 Å². The van der Waals surface area contributed by atoms with E-state index in [9.17, 15) is 8.42 Å². The summed E-state index contributed by atoms with van der Waals surface area (Å²) in [6, 6.07) is 10.2. The predicted octanol–water partition coefficient (Wildman–Crippen LogP) is 2.91. The van der Waals surface area contributed by atoms with Gasteiger partial charge in [-0.25, -0.2) is 8.42 Å². The molecule has 0 saturated heterocycles. The van der Waals surface area contributed by atoms with Crippen molar-refractivity contribution in [1.82, 2.24) is 10.2 Å². The van der Waals surface area contributed by atoms with Gasteiger partial charge in [-0.1, -0.05) is 6.07 Å². The van der Waals surface area contributed by atoms with Crippen molar-refractivity contribution >= 4 is 27.0 Å². The van der Waals surface area contributed by atoms with E-state index in [2.05, 4.69) is 14.9 Å². The molecule has 21 heavy (non-hydrogen) atoms. The van der Waals surface area contributed by atoms with Gasteiger partial charge in [-0.2, -0.15) is 0 Å². The summed E-state index contributed by atoms with van der Waals surface area (Å²) >= 11 is 1.22. The third kappa shape index (κ3) is 2.96. The molecule has 8 heteroatoms. The maximum Gasteiger partial charge on any atom is 0.271 e. The zero-order chi connectivity index (χ0) is 14.9. The Morgan fingerprint density at radius 3 is 2.76 bits per heavy atom. The predicted molar refractivity (Wildman–Crippen MR) is 79.6 cm³/mol. The molecule has 0 aliphatic heterocycles. The van der Waals surface area contributed by atoms with Crippen molar-refractivity contribution < 1.29 is 12.8 Å². The minimum absolute atomic E-state index is 0.281. The second-order valence-corrected chi connectivity index (χ2v) is 7.49. The Morgan fingerprint density at radius 2 is 2.10 bits per heavy atom. The molecule has 0 atom stereocenters. The molecular formula is C13H11N3O3S2. The fourth-order valence-corrected chi connectivity index (χ4v) is 4.11. The lowest BCUT2D eigenvalue weighted by Gasteiger charge is -2.06. The third-order valence-electron chi connectivity index (χ3n) is 2.70. The van der Waals surface area contributed by atoms with Gasteiger partial charge in [0.25, 0.3) is 10.0 Å². The number of thiophene rings is 1. The Morgan fingerprint density at radius 1 is 1.24 bits per heavy atom. The van der Waals surface area contributed by atoms with Gasteiger partial charge in [0.2, 0.25) is 12.3 Å². The lowest BCUT2D eigenvalue weighted by Crippen LogP contribution is -2.11. The normalized spacial score (nSPS) is 11.5. The molecule has 2 heterocycles. The van der Waals surface area contributed by atoms with Crippen LogP contribution in [0, 0.1) is 6.92 Å². The highest BCUT2D eigenvalue weighted by atomic mass is 32.2. The van der Waals surface area contributed by atoms with Gasteiger partial charge in [-0.05, 0) is 37.3 Å². The maximum absolute atomic E-state index is 12.3. The summed E-state index contributed by atoms with van der Waals surface area (Å²) in [5.74, 6) is 0.336. The molecule has 108 valence electrons.